The number of anilines is 1. The normalized spacial score (nSPS) is 17.3. The molecule has 1 aliphatic heterocycles. The molecular formula is C16H19NO3. The Hall–Kier alpha value is -2.10. The first-order chi connectivity index (χ1) is 9.54. The molecule has 1 aromatic carbocycles. The molecule has 0 fully saturated rings. The van der Waals surface area contributed by atoms with E-state index in [1.807, 2.05) is 24.3 Å². The van der Waals surface area contributed by atoms with Crippen LogP contribution in [0.15, 0.2) is 36.4 Å². The van der Waals surface area contributed by atoms with Gasteiger partial charge < -0.3 is 9.64 Å². The van der Waals surface area contributed by atoms with Crippen LogP contribution >= 0.6 is 0 Å². The molecule has 0 radical (unpaired) electrons. The van der Waals surface area contributed by atoms with E-state index >= 15 is 0 Å². The molecule has 0 saturated heterocycles. The number of hydrogen-bond donors (Lipinski definition) is 0. The van der Waals surface area contributed by atoms with Crippen molar-refractivity contribution >= 4 is 17.6 Å². The zero-order chi connectivity index (χ0) is 14.7. The third kappa shape index (κ3) is 2.74. The second-order valence-corrected chi connectivity index (χ2v) is 5.01. The Morgan fingerprint density at radius 2 is 2.10 bits per heavy atom. The van der Waals surface area contributed by atoms with E-state index in [4.69, 9.17) is 0 Å². The molecule has 1 heterocycles. The Kier molecular flexibility index (Phi) is 4.23. The lowest BCUT2D eigenvalue weighted by molar-refractivity contribution is -0.136. The minimum absolute atomic E-state index is 0.0141. The van der Waals surface area contributed by atoms with Crippen LogP contribution in [0.5, 0.6) is 0 Å². The monoisotopic (exact) mass is 273 g/mol. The number of fused-ring (bicyclic) bond motifs is 1. The fourth-order valence-electron chi connectivity index (χ4n) is 2.74. The number of esters is 1. The van der Waals surface area contributed by atoms with Crippen molar-refractivity contribution in [2.45, 2.75) is 32.2 Å². The number of nitrogens with zero attached hydrogens (tertiary/aromatic N) is 1. The van der Waals surface area contributed by atoms with Gasteiger partial charge in [-0.05, 0) is 30.9 Å². The molecule has 4 heteroatoms. The molecule has 4 nitrogen and oxygen atoms in total. The highest BCUT2D eigenvalue weighted by Crippen LogP contribution is 2.33. The summed E-state index contributed by atoms with van der Waals surface area (Å²) in [6, 6.07) is 7.85. The van der Waals surface area contributed by atoms with Crippen molar-refractivity contribution in [1.82, 2.24) is 0 Å². The van der Waals surface area contributed by atoms with Gasteiger partial charge in [-0.15, -0.1) is 0 Å². The Labute approximate surface area is 119 Å². The first kappa shape index (κ1) is 14.3. The Bertz CT molecular complexity index is 550. The summed E-state index contributed by atoms with van der Waals surface area (Å²) in [5.74, 6) is -0.424. The van der Waals surface area contributed by atoms with Crippen LogP contribution in [0.2, 0.25) is 0 Å². The standard InChI is InChI=1S/C16H19NO3/c1-11(16(19)20-3)10-14-9-8-13-6-4-5-7-15(13)17(14)12(2)18/h4-7,14H,1,8-10H2,2-3H3/t14-/m0/s1. The average molecular weight is 273 g/mol. The second kappa shape index (κ2) is 5.90. The van der Waals surface area contributed by atoms with Crippen LogP contribution in [-0.4, -0.2) is 25.0 Å². The summed E-state index contributed by atoms with van der Waals surface area (Å²) in [5, 5.41) is 0. The number of carbonyl (C=O) groups excluding carboxylic acids is 2. The molecule has 1 aliphatic rings. The number of para-hydroxylation sites is 1. The smallest absolute Gasteiger partial charge is 0.333 e. The first-order valence-electron chi connectivity index (χ1n) is 6.68. The molecule has 1 atom stereocenters. The van der Waals surface area contributed by atoms with E-state index in [2.05, 4.69) is 11.3 Å². The number of ether oxygens (including phenoxy) is 1. The molecule has 2 rings (SSSR count). The van der Waals surface area contributed by atoms with Gasteiger partial charge in [-0.1, -0.05) is 24.8 Å². The lowest BCUT2D eigenvalue weighted by atomic mass is 9.92. The molecule has 0 bridgehead atoms. The van der Waals surface area contributed by atoms with Crippen LogP contribution in [0, 0.1) is 0 Å². The van der Waals surface area contributed by atoms with Gasteiger partial charge in [0.25, 0.3) is 0 Å². The Morgan fingerprint density at radius 3 is 2.75 bits per heavy atom. The van der Waals surface area contributed by atoms with E-state index in [0.29, 0.717) is 12.0 Å². The van der Waals surface area contributed by atoms with E-state index in [-0.39, 0.29) is 11.9 Å². The summed E-state index contributed by atoms with van der Waals surface area (Å²) in [4.78, 5) is 25.2. The van der Waals surface area contributed by atoms with Crippen LogP contribution in [-0.2, 0) is 20.7 Å². The summed E-state index contributed by atoms with van der Waals surface area (Å²) >= 11 is 0. The Morgan fingerprint density at radius 1 is 1.40 bits per heavy atom. The van der Waals surface area contributed by atoms with Gasteiger partial charge in [-0.25, -0.2) is 4.79 Å². The number of aryl methyl sites for hydroxylation is 1. The van der Waals surface area contributed by atoms with Crippen LogP contribution in [0.4, 0.5) is 5.69 Å². The number of carbonyl (C=O) groups is 2. The van der Waals surface area contributed by atoms with Gasteiger partial charge in [0.2, 0.25) is 5.91 Å². The third-order valence-corrected chi connectivity index (χ3v) is 3.66. The van der Waals surface area contributed by atoms with Gasteiger partial charge >= 0.3 is 5.97 Å². The van der Waals surface area contributed by atoms with E-state index in [9.17, 15) is 9.59 Å². The van der Waals surface area contributed by atoms with Crippen molar-refractivity contribution in [3.63, 3.8) is 0 Å². The van der Waals surface area contributed by atoms with E-state index < -0.39 is 5.97 Å². The maximum absolute atomic E-state index is 12.0. The van der Waals surface area contributed by atoms with E-state index in [0.717, 1.165) is 18.5 Å². The quantitative estimate of drug-likeness (QED) is 0.628. The largest absolute Gasteiger partial charge is 0.466 e. The van der Waals surface area contributed by atoms with E-state index in [1.165, 1.54) is 12.7 Å². The highest BCUT2D eigenvalue weighted by atomic mass is 16.5. The molecule has 0 aliphatic carbocycles. The van der Waals surface area contributed by atoms with Crippen molar-refractivity contribution in [3.8, 4) is 0 Å². The lowest BCUT2D eigenvalue weighted by Crippen LogP contribution is -2.43. The minimum atomic E-state index is -0.410. The van der Waals surface area contributed by atoms with Crippen LogP contribution in [0.25, 0.3) is 0 Å². The summed E-state index contributed by atoms with van der Waals surface area (Å²) < 4.78 is 4.68. The van der Waals surface area contributed by atoms with Crippen molar-refractivity contribution in [2.75, 3.05) is 12.0 Å². The molecule has 0 aromatic heterocycles. The summed E-state index contributed by atoms with van der Waals surface area (Å²) in [6.07, 6.45) is 2.17. The highest BCUT2D eigenvalue weighted by Gasteiger charge is 2.30. The molecule has 0 unspecified atom stereocenters. The molecule has 20 heavy (non-hydrogen) atoms. The molecule has 0 saturated carbocycles. The molecule has 0 N–H and O–H groups in total. The second-order valence-electron chi connectivity index (χ2n) is 5.01. The zero-order valence-corrected chi connectivity index (χ0v) is 11.9. The van der Waals surface area contributed by atoms with Gasteiger partial charge in [-0.2, -0.15) is 0 Å². The number of hydrogen-bond acceptors (Lipinski definition) is 3. The van der Waals surface area contributed by atoms with Gasteiger partial charge in [0, 0.05) is 24.2 Å². The lowest BCUT2D eigenvalue weighted by Gasteiger charge is -2.36. The predicted molar refractivity (Wildman–Crippen MR) is 77.5 cm³/mol. The Balaban J connectivity index is 2.25. The van der Waals surface area contributed by atoms with E-state index in [1.54, 1.807) is 11.8 Å². The van der Waals surface area contributed by atoms with Crippen molar-refractivity contribution < 1.29 is 14.3 Å². The maximum atomic E-state index is 12.0. The highest BCUT2D eigenvalue weighted by molar-refractivity contribution is 5.94. The topological polar surface area (TPSA) is 46.6 Å². The molecule has 1 aromatic rings. The zero-order valence-electron chi connectivity index (χ0n) is 11.9. The third-order valence-electron chi connectivity index (χ3n) is 3.66. The minimum Gasteiger partial charge on any atom is -0.466 e. The fraction of sp³-hybridized carbons (Fsp3) is 0.375. The van der Waals surface area contributed by atoms with Gasteiger partial charge in [0.05, 0.1) is 7.11 Å². The summed E-state index contributed by atoms with van der Waals surface area (Å²) in [6.45, 7) is 5.31. The molecule has 106 valence electrons. The molecule has 1 amide bonds. The summed E-state index contributed by atoms with van der Waals surface area (Å²) in [7, 11) is 1.34. The number of benzene rings is 1. The number of methoxy groups -OCH3 is 1. The fourth-order valence-corrected chi connectivity index (χ4v) is 2.74. The van der Waals surface area contributed by atoms with Gasteiger partial charge in [0.15, 0.2) is 0 Å². The van der Waals surface area contributed by atoms with Crippen molar-refractivity contribution in [1.29, 1.82) is 0 Å². The number of amides is 1. The van der Waals surface area contributed by atoms with Crippen LogP contribution in [0.3, 0.4) is 0 Å². The SMILES string of the molecule is C=C(C[C@@H]1CCc2ccccc2N1C(C)=O)C(=O)OC. The van der Waals surface area contributed by atoms with Crippen molar-refractivity contribution in [3.05, 3.63) is 42.0 Å². The van der Waals surface area contributed by atoms with Crippen molar-refractivity contribution in [2.24, 2.45) is 0 Å². The maximum Gasteiger partial charge on any atom is 0.333 e. The summed E-state index contributed by atoms with van der Waals surface area (Å²) in [5.41, 5.74) is 2.51. The van der Waals surface area contributed by atoms with Gasteiger partial charge in [0.1, 0.15) is 0 Å². The average Bonchev–Trinajstić information content (AvgIpc) is 2.45. The van der Waals surface area contributed by atoms with Gasteiger partial charge in [-0.3, -0.25) is 4.79 Å². The number of rotatable bonds is 3. The van der Waals surface area contributed by atoms with Crippen LogP contribution < -0.4 is 4.90 Å². The molecular weight excluding hydrogens is 254 g/mol. The molecule has 0 spiro atoms. The first-order valence-corrected chi connectivity index (χ1v) is 6.68. The van der Waals surface area contributed by atoms with Crippen LogP contribution in [0.1, 0.15) is 25.3 Å². The predicted octanol–water partition coefficient (Wildman–Crippen LogP) is 2.47.